The van der Waals surface area contributed by atoms with Crippen molar-refractivity contribution in [2.75, 3.05) is 33.0 Å². The fraction of sp³-hybridized carbons (Fsp3) is 0.409. The van der Waals surface area contributed by atoms with E-state index in [0.717, 1.165) is 36.0 Å². The molecule has 1 aliphatic carbocycles. The van der Waals surface area contributed by atoms with Gasteiger partial charge in [0.1, 0.15) is 11.5 Å². The molecule has 0 bridgehead atoms. The molecule has 0 aromatic carbocycles. The van der Waals surface area contributed by atoms with Crippen LogP contribution < -0.4 is 20.5 Å². The second kappa shape index (κ2) is 7.50. The first kappa shape index (κ1) is 18.7. The standard InChI is InChI=1S/C22H24N6O2/c1-29-18-9-13(10-19(26-18)30-2)3-6-17-20-21(28(27-17)15-7-8-24-11-15)16(14-4-5-14)12-25-22(20)23/h9-10,12,14-15,24H,4-5,7-8,11H2,1-2H3,(H2,23,25). The van der Waals surface area contributed by atoms with Crippen molar-refractivity contribution >= 4 is 16.7 Å². The first-order chi connectivity index (χ1) is 14.7. The van der Waals surface area contributed by atoms with Gasteiger partial charge >= 0.3 is 0 Å². The maximum Gasteiger partial charge on any atom is 0.217 e. The summed E-state index contributed by atoms with van der Waals surface area (Å²) in [6, 6.07) is 3.84. The Morgan fingerprint density at radius 1 is 1.13 bits per heavy atom. The predicted octanol–water partition coefficient (Wildman–Crippen LogP) is 2.24. The van der Waals surface area contributed by atoms with Crippen LogP contribution in [0.1, 0.15) is 48.0 Å². The number of pyridine rings is 2. The van der Waals surface area contributed by atoms with Crippen LogP contribution in [0, 0.1) is 11.8 Å². The number of rotatable bonds is 4. The van der Waals surface area contributed by atoms with E-state index < -0.39 is 0 Å². The molecule has 8 nitrogen and oxygen atoms in total. The van der Waals surface area contributed by atoms with Crippen molar-refractivity contribution in [3.63, 3.8) is 0 Å². The number of anilines is 1. The van der Waals surface area contributed by atoms with Crippen LogP contribution in [0.4, 0.5) is 5.82 Å². The molecule has 0 amide bonds. The van der Waals surface area contributed by atoms with E-state index in [1.807, 2.05) is 6.20 Å². The maximum atomic E-state index is 6.32. The Bertz CT molecular complexity index is 1140. The topological polar surface area (TPSA) is 100 Å². The number of fused-ring (bicyclic) bond motifs is 1. The van der Waals surface area contributed by atoms with Crippen LogP contribution in [0.3, 0.4) is 0 Å². The molecule has 2 aliphatic rings. The van der Waals surface area contributed by atoms with Crippen LogP contribution in [-0.2, 0) is 0 Å². The van der Waals surface area contributed by atoms with Crippen LogP contribution in [0.15, 0.2) is 18.3 Å². The van der Waals surface area contributed by atoms with Gasteiger partial charge in [-0.2, -0.15) is 10.1 Å². The SMILES string of the molecule is COc1cc(C#Cc2nn(C3CCNC3)c3c(C4CC4)cnc(N)c23)cc(OC)n1. The van der Waals surface area contributed by atoms with E-state index in [2.05, 4.69) is 31.8 Å². The zero-order valence-corrected chi connectivity index (χ0v) is 17.1. The van der Waals surface area contributed by atoms with E-state index in [0.29, 0.717) is 35.2 Å². The van der Waals surface area contributed by atoms with Crippen LogP contribution in [0.2, 0.25) is 0 Å². The zero-order valence-electron chi connectivity index (χ0n) is 17.1. The molecular formula is C22H24N6O2. The number of hydrogen-bond acceptors (Lipinski definition) is 7. The number of nitrogens with zero attached hydrogens (tertiary/aromatic N) is 4. The number of ether oxygens (including phenoxy) is 2. The van der Waals surface area contributed by atoms with Crippen LogP contribution >= 0.6 is 0 Å². The Morgan fingerprint density at radius 3 is 2.53 bits per heavy atom. The summed E-state index contributed by atoms with van der Waals surface area (Å²) in [4.78, 5) is 8.68. The molecule has 1 saturated carbocycles. The minimum absolute atomic E-state index is 0.295. The fourth-order valence-electron chi connectivity index (χ4n) is 4.00. The molecule has 1 unspecified atom stereocenters. The largest absolute Gasteiger partial charge is 0.481 e. The third-order valence-electron chi connectivity index (χ3n) is 5.70. The number of methoxy groups -OCH3 is 2. The Kier molecular flexibility index (Phi) is 4.68. The van der Waals surface area contributed by atoms with Crippen molar-refractivity contribution in [3.05, 3.63) is 35.2 Å². The average molecular weight is 404 g/mol. The third kappa shape index (κ3) is 3.31. The molecule has 8 heteroatoms. The quantitative estimate of drug-likeness (QED) is 0.643. The second-order valence-corrected chi connectivity index (χ2v) is 7.73. The Morgan fingerprint density at radius 2 is 1.90 bits per heavy atom. The van der Waals surface area contributed by atoms with Gasteiger partial charge in [-0.25, -0.2) is 4.98 Å². The smallest absolute Gasteiger partial charge is 0.217 e. The highest BCUT2D eigenvalue weighted by atomic mass is 16.5. The highest BCUT2D eigenvalue weighted by molar-refractivity contribution is 5.95. The number of aromatic nitrogens is 4. The minimum atomic E-state index is 0.295. The van der Waals surface area contributed by atoms with Crippen molar-refractivity contribution in [2.24, 2.45) is 0 Å². The van der Waals surface area contributed by atoms with Gasteiger partial charge in [0.25, 0.3) is 0 Å². The predicted molar refractivity (Wildman–Crippen MR) is 114 cm³/mol. The van der Waals surface area contributed by atoms with Gasteiger partial charge in [0.2, 0.25) is 11.8 Å². The van der Waals surface area contributed by atoms with Crippen LogP contribution in [0.5, 0.6) is 11.8 Å². The molecule has 1 atom stereocenters. The Balaban J connectivity index is 1.66. The van der Waals surface area contributed by atoms with Gasteiger partial charge in [0.15, 0.2) is 0 Å². The van der Waals surface area contributed by atoms with E-state index in [9.17, 15) is 0 Å². The molecule has 1 saturated heterocycles. The molecular weight excluding hydrogens is 380 g/mol. The first-order valence-electron chi connectivity index (χ1n) is 10.2. The summed E-state index contributed by atoms with van der Waals surface area (Å²) in [6.45, 7) is 1.89. The van der Waals surface area contributed by atoms with Gasteiger partial charge in [-0.15, -0.1) is 0 Å². The van der Waals surface area contributed by atoms with E-state index in [1.165, 1.54) is 18.4 Å². The minimum Gasteiger partial charge on any atom is -0.481 e. The molecule has 0 spiro atoms. The molecule has 3 N–H and O–H groups in total. The van der Waals surface area contributed by atoms with Crippen molar-refractivity contribution < 1.29 is 9.47 Å². The lowest BCUT2D eigenvalue weighted by molar-refractivity contribution is 0.364. The Hall–Kier alpha value is -3.31. The first-order valence-corrected chi connectivity index (χ1v) is 10.2. The van der Waals surface area contributed by atoms with Gasteiger partial charge in [-0.1, -0.05) is 5.92 Å². The van der Waals surface area contributed by atoms with Crippen molar-refractivity contribution in [3.8, 4) is 23.6 Å². The van der Waals surface area contributed by atoms with E-state index in [1.54, 1.807) is 26.4 Å². The van der Waals surface area contributed by atoms with Gasteiger partial charge in [-0.05, 0) is 43.2 Å². The van der Waals surface area contributed by atoms with Crippen molar-refractivity contribution in [1.82, 2.24) is 25.1 Å². The molecule has 2 fully saturated rings. The molecule has 154 valence electrons. The molecule has 5 rings (SSSR count). The summed E-state index contributed by atoms with van der Waals surface area (Å²) in [7, 11) is 3.13. The van der Waals surface area contributed by atoms with Gasteiger partial charge < -0.3 is 20.5 Å². The summed E-state index contributed by atoms with van der Waals surface area (Å²) in [5.41, 5.74) is 10.0. The number of nitrogens with two attached hydrogens (primary N) is 1. The monoisotopic (exact) mass is 404 g/mol. The normalized spacial score (nSPS) is 18.3. The lowest BCUT2D eigenvalue weighted by Gasteiger charge is -2.13. The van der Waals surface area contributed by atoms with Crippen LogP contribution in [0.25, 0.3) is 10.9 Å². The highest BCUT2D eigenvalue weighted by Gasteiger charge is 2.31. The summed E-state index contributed by atoms with van der Waals surface area (Å²) in [6.07, 6.45) is 5.33. The molecule has 30 heavy (non-hydrogen) atoms. The van der Waals surface area contributed by atoms with Gasteiger partial charge in [0.05, 0.1) is 31.2 Å². The summed E-state index contributed by atoms with van der Waals surface area (Å²) in [5, 5.41) is 9.19. The lowest BCUT2D eigenvalue weighted by Crippen LogP contribution is -2.15. The average Bonchev–Trinajstić information content (AvgIpc) is 3.32. The Labute approximate surface area is 174 Å². The lowest BCUT2D eigenvalue weighted by atomic mass is 10.1. The summed E-state index contributed by atoms with van der Waals surface area (Å²) >= 11 is 0. The van der Waals surface area contributed by atoms with E-state index in [-0.39, 0.29) is 0 Å². The molecule has 4 heterocycles. The highest BCUT2D eigenvalue weighted by Crippen LogP contribution is 2.44. The zero-order chi connectivity index (χ0) is 20.7. The third-order valence-corrected chi connectivity index (χ3v) is 5.70. The molecule has 3 aromatic heterocycles. The molecule has 0 radical (unpaired) electrons. The second-order valence-electron chi connectivity index (χ2n) is 7.73. The fourth-order valence-corrected chi connectivity index (χ4v) is 4.00. The van der Waals surface area contributed by atoms with Gasteiger partial charge in [0, 0.05) is 30.4 Å². The molecule has 1 aliphatic heterocycles. The summed E-state index contributed by atoms with van der Waals surface area (Å²) in [5.74, 6) is 8.30. The van der Waals surface area contributed by atoms with E-state index >= 15 is 0 Å². The van der Waals surface area contributed by atoms with E-state index in [4.69, 9.17) is 20.3 Å². The number of nitrogens with one attached hydrogen (secondary N) is 1. The number of hydrogen-bond donors (Lipinski definition) is 2. The maximum absolute atomic E-state index is 6.32. The van der Waals surface area contributed by atoms with Crippen molar-refractivity contribution in [2.45, 2.75) is 31.2 Å². The molecule has 3 aromatic rings. The van der Waals surface area contributed by atoms with Crippen molar-refractivity contribution in [1.29, 1.82) is 0 Å². The number of nitrogen functional groups attached to an aromatic ring is 1. The van der Waals surface area contributed by atoms with Gasteiger partial charge in [-0.3, -0.25) is 4.68 Å². The summed E-state index contributed by atoms with van der Waals surface area (Å²) < 4.78 is 12.6. The van der Waals surface area contributed by atoms with Crippen LogP contribution in [-0.4, -0.2) is 47.1 Å².